The Kier molecular flexibility index (Phi) is 34.7. The fourth-order valence-electron chi connectivity index (χ4n) is 12.4. The summed E-state index contributed by atoms with van der Waals surface area (Å²) in [5.74, 6) is -7.65. The first-order valence-electron chi connectivity index (χ1n) is 38.0. The predicted molar refractivity (Wildman–Crippen MR) is 437 cm³/mol. The molecule has 0 aliphatic carbocycles. The van der Waals surface area contributed by atoms with E-state index in [-0.39, 0.29) is 99.9 Å². The smallest absolute Gasteiger partial charge is 0.356 e. The highest BCUT2D eigenvalue weighted by Gasteiger charge is 2.56. The summed E-state index contributed by atoms with van der Waals surface area (Å²) >= 11 is 5.74. The summed E-state index contributed by atoms with van der Waals surface area (Å²) in [5.41, 5.74) is -24.2. The highest BCUT2D eigenvalue weighted by Crippen LogP contribution is 2.43. The molecule has 4 aliphatic rings. The van der Waals surface area contributed by atoms with Gasteiger partial charge in [0.1, 0.15) is 13.6 Å². The molecule has 8 aromatic rings. The van der Waals surface area contributed by atoms with Crippen LogP contribution in [-0.4, -0.2) is 186 Å². The Morgan fingerprint density at radius 3 is 0.889 bits per heavy atom. The number of thioether (sulfide) groups is 4. The number of benzene rings is 8. The maximum absolute atomic E-state index is 12.8. The molecule has 0 unspecified atom stereocenters. The number of imide groups is 4. The second-order valence-corrected chi connectivity index (χ2v) is 37.6. The van der Waals surface area contributed by atoms with Crippen molar-refractivity contribution in [1.82, 2.24) is 20.3 Å². The van der Waals surface area contributed by atoms with Crippen molar-refractivity contribution in [2.24, 2.45) is 0 Å². The van der Waals surface area contributed by atoms with Gasteiger partial charge in [0, 0.05) is 65.8 Å². The molecule has 0 aromatic heterocycles. The van der Waals surface area contributed by atoms with Gasteiger partial charge in [0.05, 0.1) is 57.7 Å². The van der Waals surface area contributed by atoms with Crippen molar-refractivity contribution in [3.63, 3.8) is 0 Å². The zero-order valence-corrected chi connectivity index (χ0v) is 73.0. The van der Waals surface area contributed by atoms with Crippen LogP contribution in [0.2, 0.25) is 0 Å². The fourth-order valence-corrected chi connectivity index (χ4v) is 17.9. The minimum Gasteiger partial charge on any atom is -0.356 e. The van der Waals surface area contributed by atoms with Crippen LogP contribution in [0.5, 0.6) is 0 Å². The van der Waals surface area contributed by atoms with Crippen LogP contribution in [0.4, 0.5) is 52.7 Å². The van der Waals surface area contributed by atoms with Crippen molar-refractivity contribution in [2.75, 3.05) is 63.0 Å². The molecule has 0 spiro atoms. The first kappa shape index (κ1) is 101. The van der Waals surface area contributed by atoms with E-state index in [0.29, 0.717) is 74.2 Å². The number of halogens is 12. The first-order valence-corrected chi connectivity index (χ1v) is 47.5. The second-order valence-electron chi connectivity index (χ2n) is 26.9. The number of ether oxygens (including phenoxy) is 4. The molecule has 126 heavy (non-hydrogen) atoms. The number of unbranched alkanes of at least 4 members (excludes halogenated alkanes) is 10. The van der Waals surface area contributed by atoms with Crippen LogP contribution < -0.4 is 0 Å². The molecule has 0 saturated carbocycles. The van der Waals surface area contributed by atoms with Gasteiger partial charge in [-0.1, -0.05) is 127 Å². The average Bonchev–Trinajstić information content (AvgIpc) is 0.752. The molecular formula is C78H76F12N4O24S8. The van der Waals surface area contributed by atoms with Gasteiger partial charge in [-0.15, -0.1) is 84.4 Å². The third-order valence-electron chi connectivity index (χ3n) is 18.3. The zero-order valence-electron chi connectivity index (χ0n) is 66.5. The SMILES string of the molecule is CCCCCCCCSc1cc2c3c(cccc3c1)C(=O)N(OS(=O)(=O)C(F)(F)F)C2=O.CCCCCCCCSc1ccc2c3c(cccc13)C(=O)N(OS(=O)(=O)C(F)(F)F)C2=O.CCOCOCCSc1cc2c3c(cccc3c1)C(=O)N(OS(=O)(=O)C(F)(F)F)C2=O.CCOCOCCSc1ccc2c3c(cccc13)C(=O)N(OS(=O)(=O)C(F)(F)F)C2=O. The quantitative estimate of drug-likeness (QED) is 0.00866. The highest BCUT2D eigenvalue weighted by atomic mass is 32.2. The monoisotopic (exact) mass is 1940 g/mol. The van der Waals surface area contributed by atoms with Crippen LogP contribution in [0.1, 0.15) is 188 Å². The summed E-state index contributed by atoms with van der Waals surface area (Å²) < 4.78 is 279. The molecule has 8 amide bonds. The lowest BCUT2D eigenvalue weighted by molar-refractivity contribution is -0.0768. The number of amides is 8. The van der Waals surface area contributed by atoms with E-state index < -0.39 is 110 Å². The van der Waals surface area contributed by atoms with Crippen LogP contribution >= 0.6 is 47.0 Å². The van der Waals surface area contributed by atoms with Gasteiger partial charge in [-0.2, -0.15) is 86.4 Å². The van der Waals surface area contributed by atoms with Crippen molar-refractivity contribution in [3.8, 4) is 0 Å². The topological polar surface area (TPSA) is 360 Å². The third kappa shape index (κ3) is 23.9. The van der Waals surface area contributed by atoms with Crippen molar-refractivity contribution in [1.29, 1.82) is 0 Å². The van der Waals surface area contributed by atoms with Crippen molar-refractivity contribution in [2.45, 2.75) is 146 Å². The van der Waals surface area contributed by atoms with E-state index in [9.17, 15) is 125 Å². The number of hydrogen-bond acceptors (Lipinski definition) is 28. The van der Waals surface area contributed by atoms with Gasteiger partial charge in [0.25, 0.3) is 47.3 Å². The number of hydrogen-bond donors (Lipinski definition) is 0. The minimum absolute atomic E-state index is 0.0829. The third-order valence-corrected chi connectivity index (χ3v) is 26.1. The molecule has 28 nitrogen and oxygen atoms in total. The largest absolute Gasteiger partial charge is 0.525 e. The van der Waals surface area contributed by atoms with Gasteiger partial charge < -0.3 is 18.9 Å². The Bertz CT molecular complexity index is 5880. The average molecular weight is 1940 g/mol. The predicted octanol–water partition coefficient (Wildman–Crippen LogP) is 18.0. The highest BCUT2D eigenvalue weighted by molar-refractivity contribution is 8.00. The van der Waals surface area contributed by atoms with E-state index in [1.54, 1.807) is 60.3 Å². The molecule has 0 bridgehead atoms. The van der Waals surface area contributed by atoms with E-state index in [1.807, 2.05) is 13.8 Å². The lowest BCUT2D eigenvalue weighted by atomic mass is 9.95. The molecule has 0 atom stereocenters. The number of carbonyl (C=O) groups is 8. The summed E-state index contributed by atoms with van der Waals surface area (Å²) in [5, 5.41) is 1.70. The number of nitrogens with zero attached hydrogens (tertiary/aromatic N) is 4. The van der Waals surface area contributed by atoms with E-state index >= 15 is 0 Å². The van der Waals surface area contributed by atoms with E-state index in [1.165, 1.54) is 140 Å². The Hall–Kier alpha value is -8.60. The van der Waals surface area contributed by atoms with E-state index in [0.717, 1.165) is 61.3 Å². The van der Waals surface area contributed by atoms with Gasteiger partial charge in [-0.25, -0.2) is 0 Å². The van der Waals surface area contributed by atoms with Crippen molar-refractivity contribution < 1.29 is 161 Å². The Labute approximate surface area is 729 Å². The molecule has 12 rings (SSSR count). The van der Waals surface area contributed by atoms with Gasteiger partial charge in [0.2, 0.25) is 0 Å². The van der Waals surface area contributed by atoms with Crippen molar-refractivity contribution >= 4 is 178 Å². The van der Waals surface area contributed by atoms with Gasteiger partial charge >= 0.3 is 62.5 Å². The minimum atomic E-state index is -6.22. The molecular weight excluding hydrogens is 1860 g/mol. The lowest BCUT2D eigenvalue weighted by Crippen LogP contribution is -2.44. The van der Waals surface area contributed by atoms with Crippen LogP contribution in [-0.2, 0) is 76.6 Å². The van der Waals surface area contributed by atoms with Crippen LogP contribution in [0.3, 0.4) is 0 Å². The Morgan fingerprint density at radius 2 is 0.563 bits per heavy atom. The molecule has 0 fully saturated rings. The molecule has 0 radical (unpaired) electrons. The zero-order chi connectivity index (χ0) is 92.7. The fraction of sp³-hybridized carbons (Fsp3) is 0.385. The van der Waals surface area contributed by atoms with E-state index in [2.05, 4.69) is 31.0 Å². The Balaban J connectivity index is 0.000000190. The Morgan fingerprint density at radius 1 is 0.294 bits per heavy atom. The number of alkyl halides is 12. The second kappa shape index (κ2) is 43.2. The summed E-state index contributed by atoms with van der Waals surface area (Å²) in [6.07, 6.45) is 13.6. The standard InChI is InChI=1S/2C21H22F3NO5S2.2C18H16F3NO7S2/c1-2-3-4-5-6-7-13-31-17-12-11-16-18-14(17)9-8-10-15(18)19(26)25(20(16)27)30-32(28,29)21(22,23)24;1-2-3-4-5-6-7-11-31-15-12-14-9-8-10-16-18(14)17(13-15)20(27)25(19(16)26)30-32(28,29)21(22,23)24;1-2-27-10-28-6-7-30-12-8-11-4-3-5-13-15(11)14(9-12)17(24)22(16(13)23)29-31(25,26)18(19,20)21;1-2-27-10-28-8-9-30-14-7-6-13-15-11(14)4-3-5-12(15)16(23)22(17(13)24)29-31(25,26)18(19,20)21/h8-12H,2-7,13H2,1H3;8-10,12-13H,2-7,11H2,1H3;3-5,8-9H,2,6-7,10H2,1H3;3-7H,2,8-10H2,1H3. The van der Waals surface area contributed by atoms with Gasteiger partial charge in [-0.3, -0.25) is 38.4 Å². The van der Waals surface area contributed by atoms with E-state index in [4.69, 9.17) is 18.9 Å². The normalized spacial score (nSPS) is 14.5. The molecule has 4 aliphatic heterocycles. The molecule has 4 heterocycles. The number of carbonyl (C=O) groups excluding carboxylic acids is 8. The summed E-state index contributed by atoms with van der Waals surface area (Å²) in [4.78, 5) is 104. The maximum atomic E-state index is 12.8. The lowest BCUT2D eigenvalue weighted by Gasteiger charge is -2.26. The molecule has 0 saturated heterocycles. The van der Waals surface area contributed by atoms with Gasteiger partial charge in [0.15, 0.2) is 0 Å². The van der Waals surface area contributed by atoms with Crippen LogP contribution in [0.25, 0.3) is 43.1 Å². The molecule has 48 heteroatoms. The first-order chi connectivity index (χ1) is 59.3. The summed E-state index contributed by atoms with van der Waals surface area (Å²) in [6, 6.07) is 30.0. The number of hydroxylamine groups is 8. The van der Waals surface area contributed by atoms with Gasteiger partial charge in [-0.05, 0) is 133 Å². The summed E-state index contributed by atoms with van der Waals surface area (Å²) in [7, 11) is -24.8. The number of rotatable bonds is 38. The summed E-state index contributed by atoms with van der Waals surface area (Å²) in [6.45, 7) is 9.98. The van der Waals surface area contributed by atoms with Crippen molar-refractivity contribution in [3.05, 3.63) is 166 Å². The molecule has 0 N–H and O–H groups in total. The molecule has 684 valence electrons. The maximum Gasteiger partial charge on any atom is 0.525 e. The molecule has 8 aromatic carbocycles. The van der Waals surface area contributed by atoms with Crippen LogP contribution in [0.15, 0.2) is 141 Å². The van der Waals surface area contributed by atoms with Crippen LogP contribution in [0, 0.1) is 0 Å².